The minimum atomic E-state index is -5.84. The van der Waals surface area contributed by atoms with Gasteiger partial charge in [-0.2, -0.15) is 22.0 Å². The van der Waals surface area contributed by atoms with Gasteiger partial charge in [-0.3, -0.25) is 14.3 Å². The maximum Gasteiger partial charge on any atom is 0.454 e. The Bertz CT molecular complexity index is 1220. The van der Waals surface area contributed by atoms with E-state index in [-0.39, 0.29) is 41.3 Å². The molecule has 2 aromatic rings. The van der Waals surface area contributed by atoms with Crippen molar-refractivity contribution in [3.8, 4) is 5.75 Å². The zero-order valence-electron chi connectivity index (χ0n) is 17.3. The second kappa shape index (κ2) is 7.57. The zero-order valence-corrected chi connectivity index (χ0v) is 17.3. The van der Waals surface area contributed by atoms with Gasteiger partial charge in [-0.15, -0.1) is 0 Å². The second-order valence-corrected chi connectivity index (χ2v) is 8.33. The Balaban J connectivity index is 1.84. The van der Waals surface area contributed by atoms with E-state index in [2.05, 4.69) is 4.98 Å². The molecule has 2 heterocycles. The third-order valence-electron chi connectivity index (χ3n) is 6.25. The number of hydrogen-bond acceptors (Lipinski definition) is 6. The summed E-state index contributed by atoms with van der Waals surface area (Å²) in [4.78, 5) is 28.2. The first-order valence-electron chi connectivity index (χ1n) is 10.1. The first-order valence-corrected chi connectivity index (χ1v) is 10.1. The second-order valence-electron chi connectivity index (χ2n) is 8.33. The molecule has 4 rings (SSSR count). The Hall–Kier alpha value is -2.90. The van der Waals surface area contributed by atoms with Crippen LogP contribution in [0.2, 0.25) is 0 Å². The molecule has 1 saturated heterocycles. The van der Waals surface area contributed by atoms with Crippen molar-refractivity contribution in [3.63, 3.8) is 0 Å². The molecule has 0 spiro atoms. The molecular formula is C19H21F6N5O3. The normalized spacial score (nSPS) is 20.5. The molecular weight excluding hydrogens is 460 g/mol. The zero-order chi connectivity index (χ0) is 24.5. The van der Waals surface area contributed by atoms with Crippen LogP contribution in [0.5, 0.6) is 5.75 Å². The summed E-state index contributed by atoms with van der Waals surface area (Å²) in [5.74, 6) is -7.81. The molecule has 0 amide bonds. The van der Waals surface area contributed by atoms with E-state index >= 15 is 4.39 Å². The molecule has 0 bridgehead atoms. The molecule has 1 aromatic heterocycles. The highest BCUT2D eigenvalue weighted by Gasteiger charge is 2.63. The fraction of sp³-hybridized carbons (Fsp3) is 0.579. The van der Waals surface area contributed by atoms with Crippen LogP contribution in [0.15, 0.2) is 9.59 Å². The fourth-order valence-corrected chi connectivity index (χ4v) is 4.40. The summed E-state index contributed by atoms with van der Waals surface area (Å²) in [7, 11) is 1.16. The fourth-order valence-electron chi connectivity index (χ4n) is 4.40. The number of nitrogens with one attached hydrogen (secondary N) is 1. The lowest BCUT2D eigenvalue weighted by molar-refractivity contribution is -0.293. The average Bonchev–Trinajstić information content (AvgIpc) is 3.44. The van der Waals surface area contributed by atoms with Crippen LogP contribution in [-0.2, 0) is 0 Å². The van der Waals surface area contributed by atoms with Crippen molar-refractivity contribution in [1.29, 1.82) is 0 Å². The number of ether oxygens (including phenoxy) is 1. The number of nitrogen functional groups attached to an aromatic ring is 1. The molecule has 1 saturated carbocycles. The maximum absolute atomic E-state index is 15.4. The third kappa shape index (κ3) is 3.50. The predicted molar refractivity (Wildman–Crippen MR) is 107 cm³/mol. The lowest BCUT2D eigenvalue weighted by Crippen LogP contribution is -2.55. The van der Waals surface area contributed by atoms with Gasteiger partial charge in [0.1, 0.15) is 11.2 Å². The number of aromatic amines is 1. The molecule has 2 unspecified atom stereocenters. The molecule has 5 N–H and O–H groups in total. The molecule has 182 valence electrons. The summed E-state index contributed by atoms with van der Waals surface area (Å²) in [5.41, 5.74) is 8.51. The van der Waals surface area contributed by atoms with Crippen molar-refractivity contribution in [3.05, 3.63) is 26.7 Å². The molecule has 2 fully saturated rings. The monoisotopic (exact) mass is 481 g/mol. The summed E-state index contributed by atoms with van der Waals surface area (Å²) >= 11 is 0. The number of halogens is 6. The predicted octanol–water partition coefficient (Wildman–Crippen LogP) is 2.11. The summed E-state index contributed by atoms with van der Waals surface area (Å²) in [6.45, 7) is -0.566. The van der Waals surface area contributed by atoms with Gasteiger partial charge < -0.3 is 21.1 Å². The standard InChI is InChI=1S/C19H21F6N5O3/c1-33-14-12-9(16(31)28-17(32)30(12)8-2-3-8)11(26)10(20)13(14)29-5-4-7(6-29)15(27)18(21,22)19(23,24)25/h7-8,15H,2-6,26-27H2,1H3,(H,28,31,32). The van der Waals surface area contributed by atoms with Crippen molar-refractivity contribution in [2.75, 3.05) is 30.8 Å². The molecule has 8 nitrogen and oxygen atoms in total. The number of fused-ring (bicyclic) bond motifs is 1. The number of alkyl halides is 5. The average molecular weight is 481 g/mol. The largest absolute Gasteiger partial charge is 0.492 e. The van der Waals surface area contributed by atoms with Crippen molar-refractivity contribution in [2.45, 2.75) is 43.4 Å². The van der Waals surface area contributed by atoms with Crippen LogP contribution in [0.25, 0.3) is 10.9 Å². The minimum Gasteiger partial charge on any atom is -0.492 e. The number of rotatable bonds is 5. The molecule has 1 aliphatic heterocycles. The Labute approximate surface area is 182 Å². The van der Waals surface area contributed by atoms with Gasteiger partial charge >= 0.3 is 17.8 Å². The van der Waals surface area contributed by atoms with Crippen LogP contribution in [0.3, 0.4) is 0 Å². The lowest BCUT2D eigenvalue weighted by atomic mass is 9.94. The van der Waals surface area contributed by atoms with E-state index < -0.39 is 53.4 Å². The topological polar surface area (TPSA) is 119 Å². The Kier molecular flexibility index (Phi) is 5.34. The number of methoxy groups -OCH3 is 1. The van der Waals surface area contributed by atoms with Gasteiger partial charge in [0, 0.05) is 19.1 Å². The van der Waals surface area contributed by atoms with Gasteiger partial charge in [0.05, 0.1) is 24.2 Å². The molecule has 0 radical (unpaired) electrons. The maximum atomic E-state index is 15.4. The highest BCUT2D eigenvalue weighted by Crippen LogP contribution is 2.47. The van der Waals surface area contributed by atoms with Gasteiger partial charge in [-0.05, 0) is 25.2 Å². The van der Waals surface area contributed by atoms with E-state index in [1.54, 1.807) is 0 Å². The van der Waals surface area contributed by atoms with Crippen molar-refractivity contribution in [2.24, 2.45) is 11.7 Å². The third-order valence-corrected chi connectivity index (χ3v) is 6.25. The summed E-state index contributed by atoms with van der Waals surface area (Å²) < 4.78 is 87.8. The van der Waals surface area contributed by atoms with Crippen molar-refractivity contribution in [1.82, 2.24) is 9.55 Å². The van der Waals surface area contributed by atoms with Crippen molar-refractivity contribution >= 4 is 22.3 Å². The lowest BCUT2D eigenvalue weighted by Gasteiger charge is -2.30. The number of benzene rings is 1. The number of H-pyrrole nitrogens is 1. The molecule has 2 aliphatic rings. The summed E-state index contributed by atoms with van der Waals surface area (Å²) in [5, 5.41) is -0.310. The van der Waals surface area contributed by atoms with Crippen LogP contribution in [0.4, 0.5) is 37.7 Å². The number of nitrogens with two attached hydrogens (primary N) is 2. The molecule has 33 heavy (non-hydrogen) atoms. The van der Waals surface area contributed by atoms with Crippen LogP contribution >= 0.6 is 0 Å². The first-order chi connectivity index (χ1) is 15.3. The highest BCUT2D eigenvalue weighted by atomic mass is 19.4. The van der Waals surface area contributed by atoms with E-state index in [1.165, 1.54) is 9.47 Å². The molecule has 14 heteroatoms. The highest BCUT2D eigenvalue weighted by molar-refractivity contribution is 5.99. The van der Waals surface area contributed by atoms with Gasteiger partial charge in [0.25, 0.3) is 5.56 Å². The van der Waals surface area contributed by atoms with Crippen LogP contribution < -0.4 is 32.4 Å². The quantitative estimate of drug-likeness (QED) is 0.445. The number of nitrogens with zero attached hydrogens (tertiary/aromatic N) is 2. The van der Waals surface area contributed by atoms with Crippen LogP contribution in [-0.4, -0.2) is 47.9 Å². The van der Waals surface area contributed by atoms with E-state index in [9.17, 15) is 31.5 Å². The van der Waals surface area contributed by atoms with Crippen molar-refractivity contribution < 1.29 is 31.1 Å². The number of aromatic nitrogens is 2. The Morgan fingerprint density at radius 3 is 2.33 bits per heavy atom. The summed E-state index contributed by atoms with van der Waals surface area (Å²) in [6.07, 6.45) is -4.79. The van der Waals surface area contributed by atoms with E-state index in [4.69, 9.17) is 16.2 Å². The number of hydrogen-bond donors (Lipinski definition) is 3. The van der Waals surface area contributed by atoms with E-state index in [0.29, 0.717) is 12.8 Å². The SMILES string of the molecule is COc1c(N2CCC(C(N)C(F)(F)C(F)(F)F)C2)c(F)c(N)c2c(=O)[nH]c(=O)n(C3CC3)c12. The number of anilines is 2. The smallest absolute Gasteiger partial charge is 0.454 e. The summed E-state index contributed by atoms with van der Waals surface area (Å²) in [6, 6.07) is -2.84. The van der Waals surface area contributed by atoms with Gasteiger partial charge in [-0.25, -0.2) is 9.18 Å². The Morgan fingerprint density at radius 2 is 1.79 bits per heavy atom. The van der Waals surface area contributed by atoms with Gasteiger partial charge in [0.2, 0.25) is 0 Å². The van der Waals surface area contributed by atoms with E-state index in [0.717, 1.165) is 7.11 Å². The van der Waals surface area contributed by atoms with Crippen LogP contribution in [0.1, 0.15) is 25.3 Å². The molecule has 2 atom stereocenters. The van der Waals surface area contributed by atoms with Gasteiger partial charge in [-0.1, -0.05) is 0 Å². The van der Waals surface area contributed by atoms with Gasteiger partial charge in [0.15, 0.2) is 11.6 Å². The molecule has 1 aliphatic carbocycles. The van der Waals surface area contributed by atoms with E-state index in [1.807, 2.05) is 0 Å². The minimum absolute atomic E-state index is 0.0592. The molecule has 1 aromatic carbocycles. The Morgan fingerprint density at radius 1 is 1.15 bits per heavy atom. The van der Waals surface area contributed by atoms with Crippen LogP contribution in [0, 0.1) is 11.7 Å². The first kappa shape index (κ1) is 23.3.